The van der Waals surface area contributed by atoms with E-state index in [-0.39, 0.29) is 18.2 Å². The van der Waals surface area contributed by atoms with Crippen molar-refractivity contribution < 1.29 is 13.2 Å². The molecule has 2 unspecified atom stereocenters. The quantitative estimate of drug-likeness (QED) is 0.623. The largest absolute Gasteiger partial charge is 0.329 e. The van der Waals surface area contributed by atoms with Gasteiger partial charge in [-0.25, -0.2) is 13.2 Å². The zero-order valence-electron chi connectivity index (χ0n) is 9.31. The molecular formula is C12H13F3N2. The van der Waals surface area contributed by atoms with Crippen molar-refractivity contribution in [2.75, 3.05) is 6.54 Å². The molecule has 0 aliphatic rings. The van der Waals surface area contributed by atoms with E-state index in [4.69, 9.17) is 12.2 Å². The Labute approximate surface area is 98.0 Å². The summed E-state index contributed by atoms with van der Waals surface area (Å²) in [6, 6.07) is 0.278. The molecule has 3 N–H and O–H groups in total. The normalized spacial score (nSPS) is 14.1. The Hall–Kier alpha value is -1.51. The molecular weight excluding hydrogens is 229 g/mol. The van der Waals surface area contributed by atoms with E-state index < -0.39 is 23.5 Å². The van der Waals surface area contributed by atoms with Crippen molar-refractivity contribution >= 4 is 0 Å². The summed E-state index contributed by atoms with van der Waals surface area (Å²) in [6.07, 6.45) is 5.16. The monoisotopic (exact) mass is 242 g/mol. The summed E-state index contributed by atoms with van der Waals surface area (Å²) in [7, 11) is 0. The number of terminal acetylenes is 1. The fourth-order valence-corrected chi connectivity index (χ4v) is 1.44. The summed E-state index contributed by atoms with van der Waals surface area (Å²) in [4.78, 5) is 0. The van der Waals surface area contributed by atoms with Crippen LogP contribution in [0.25, 0.3) is 0 Å². The summed E-state index contributed by atoms with van der Waals surface area (Å²) in [6.45, 7) is 1.70. The molecule has 17 heavy (non-hydrogen) atoms. The molecule has 2 nitrogen and oxygen atoms in total. The van der Waals surface area contributed by atoms with Crippen LogP contribution in [-0.2, 0) is 0 Å². The second-order valence-corrected chi connectivity index (χ2v) is 3.63. The van der Waals surface area contributed by atoms with Gasteiger partial charge in [-0.15, -0.1) is 6.42 Å². The lowest BCUT2D eigenvalue weighted by molar-refractivity contribution is 0.460. The fraction of sp³-hybridized carbons (Fsp3) is 0.333. The van der Waals surface area contributed by atoms with E-state index in [1.807, 2.05) is 0 Å². The van der Waals surface area contributed by atoms with Gasteiger partial charge >= 0.3 is 0 Å². The smallest absolute Gasteiger partial charge is 0.161 e. The topological polar surface area (TPSA) is 38.0 Å². The van der Waals surface area contributed by atoms with Gasteiger partial charge in [-0.05, 0) is 13.0 Å². The van der Waals surface area contributed by atoms with Gasteiger partial charge in [0.05, 0.1) is 6.04 Å². The van der Waals surface area contributed by atoms with E-state index in [1.54, 1.807) is 6.92 Å². The number of halogens is 3. The Balaban J connectivity index is 3.04. The summed E-state index contributed by atoms with van der Waals surface area (Å²) in [5, 5.41) is 2.83. The van der Waals surface area contributed by atoms with Gasteiger partial charge < -0.3 is 5.73 Å². The van der Waals surface area contributed by atoms with E-state index in [2.05, 4.69) is 11.2 Å². The first-order chi connectivity index (χ1) is 7.99. The van der Waals surface area contributed by atoms with Crippen LogP contribution in [0.1, 0.15) is 18.5 Å². The molecule has 0 aliphatic carbocycles. The van der Waals surface area contributed by atoms with Crippen LogP contribution in [0, 0.1) is 29.8 Å². The molecule has 0 aliphatic heterocycles. The minimum absolute atomic E-state index is 0.0218. The molecule has 0 radical (unpaired) electrons. The van der Waals surface area contributed by atoms with E-state index in [0.717, 1.165) is 6.07 Å². The molecule has 0 saturated carbocycles. The second-order valence-electron chi connectivity index (χ2n) is 3.63. The van der Waals surface area contributed by atoms with Crippen LogP contribution >= 0.6 is 0 Å². The van der Waals surface area contributed by atoms with Gasteiger partial charge in [-0.3, -0.25) is 5.32 Å². The molecule has 5 heteroatoms. The molecule has 1 aromatic carbocycles. The number of nitrogens with one attached hydrogen (secondary N) is 1. The van der Waals surface area contributed by atoms with Crippen molar-refractivity contribution in [3.05, 3.63) is 35.1 Å². The Morgan fingerprint density at radius 2 is 1.88 bits per heavy atom. The fourth-order valence-electron chi connectivity index (χ4n) is 1.44. The molecule has 0 aromatic heterocycles. The van der Waals surface area contributed by atoms with Crippen molar-refractivity contribution in [1.82, 2.24) is 5.32 Å². The van der Waals surface area contributed by atoms with E-state index >= 15 is 0 Å². The Morgan fingerprint density at radius 1 is 1.29 bits per heavy atom. The third kappa shape index (κ3) is 3.22. The Bertz CT molecular complexity index is 440. The lowest BCUT2D eigenvalue weighted by atomic mass is 10.0. The molecule has 0 bridgehead atoms. The van der Waals surface area contributed by atoms with Crippen molar-refractivity contribution in [3.8, 4) is 12.3 Å². The van der Waals surface area contributed by atoms with Gasteiger partial charge in [0.15, 0.2) is 11.6 Å². The van der Waals surface area contributed by atoms with Crippen molar-refractivity contribution in [3.63, 3.8) is 0 Å². The minimum atomic E-state index is -1.23. The van der Waals surface area contributed by atoms with E-state index in [9.17, 15) is 13.2 Å². The molecule has 0 spiro atoms. The zero-order valence-corrected chi connectivity index (χ0v) is 9.31. The number of hydrogen-bond donors (Lipinski definition) is 2. The first-order valence-electron chi connectivity index (χ1n) is 5.06. The van der Waals surface area contributed by atoms with Crippen LogP contribution in [0.3, 0.4) is 0 Å². The highest BCUT2D eigenvalue weighted by Gasteiger charge is 2.18. The predicted molar refractivity (Wildman–Crippen MR) is 59.5 cm³/mol. The molecule has 0 amide bonds. The van der Waals surface area contributed by atoms with Crippen LogP contribution in [0.5, 0.6) is 0 Å². The highest BCUT2D eigenvalue weighted by Crippen LogP contribution is 2.20. The van der Waals surface area contributed by atoms with Gasteiger partial charge in [0.25, 0.3) is 0 Å². The third-order valence-electron chi connectivity index (χ3n) is 2.35. The number of nitrogens with two attached hydrogens (primary N) is 1. The van der Waals surface area contributed by atoms with Crippen LogP contribution in [0.4, 0.5) is 13.2 Å². The highest BCUT2D eigenvalue weighted by atomic mass is 19.2. The van der Waals surface area contributed by atoms with Crippen LogP contribution < -0.4 is 11.1 Å². The van der Waals surface area contributed by atoms with E-state index in [1.165, 1.54) is 0 Å². The van der Waals surface area contributed by atoms with Gasteiger partial charge in [-0.2, -0.15) is 0 Å². The van der Waals surface area contributed by atoms with Crippen LogP contribution in [0.15, 0.2) is 12.1 Å². The molecule has 0 fully saturated rings. The predicted octanol–water partition coefficient (Wildman–Crippen LogP) is 1.72. The van der Waals surface area contributed by atoms with Crippen molar-refractivity contribution in [2.24, 2.45) is 5.73 Å². The molecule has 92 valence electrons. The Morgan fingerprint density at radius 3 is 2.41 bits per heavy atom. The van der Waals surface area contributed by atoms with Crippen LogP contribution in [-0.4, -0.2) is 12.6 Å². The highest BCUT2D eigenvalue weighted by molar-refractivity contribution is 5.24. The van der Waals surface area contributed by atoms with Gasteiger partial charge in [0.1, 0.15) is 5.82 Å². The second kappa shape index (κ2) is 5.71. The van der Waals surface area contributed by atoms with E-state index in [0.29, 0.717) is 6.07 Å². The lowest BCUT2D eigenvalue weighted by Crippen LogP contribution is -2.34. The maximum absolute atomic E-state index is 13.5. The van der Waals surface area contributed by atoms with Gasteiger partial charge in [0, 0.05) is 24.2 Å². The first-order valence-corrected chi connectivity index (χ1v) is 5.06. The maximum atomic E-state index is 13.5. The maximum Gasteiger partial charge on any atom is 0.161 e. The SMILES string of the molecule is C#CC(C)NC(CN)c1cc(F)c(F)cc1F. The average Bonchev–Trinajstić information content (AvgIpc) is 2.30. The van der Waals surface area contributed by atoms with Gasteiger partial charge in [0.2, 0.25) is 0 Å². The van der Waals surface area contributed by atoms with Crippen molar-refractivity contribution in [2.45, 2.75) is 19.0 Å². The number of hydrogen-bond acceptors (Lipinski definition) is 2. The summed E-state index contributed by atoms with van der Waals surface area (Å²) in [5.74, 6) is -0.808. The first kappa shape index (κ1) is 13.6. The zero-order chi connectivity index (χ0) is 13.0. The van der Waals surface area contributed by atoms with Crippen molar-refractivity contribution in [1.29, 1.82) is 0 Å². The van der Waals surface area contributed by atoms with Crippen LogP contribution in [0.2, 0.25) is 0 Å². The molecule has 0 saturated heterocycles. The number of benzene rings is 1. The minimum Gasteiger partial charge on any atom is -0.329 e. The standard InChI is InChI=1S/C12H13F3N2/c1-3-7(2)17-12(6-16)8-4-10(14)11(15)5-9(8)13/h1,4-5,7,12,17H,6,16H2,2H3. The summed E-state index contributed by atoms with van der Waals surface area (Å²) >= 11 is 0. The summed E-state index contributed by atoms with van der Waals surface area (Å²) in [5.41, 5.74) is 5.42. The Kier molecular flexibility index (Phi) is 4.55. The molecule has 1 rings (SSSR count). The third-order valence-corrected chi connectivity index (χ3v) is 2.35. The molecule has 1 aromatic rings. The summed E-state index contributed by atoms with van der Waals surface area (Å²) < 4.78 is 39.2. The number of rotatable bonds is 4. The lowest BCUT2D eigenvalue weighted by Gasteiger charge is -2.20. The van der Waals surface area contributed by atoms with Gasteiger partial charge in [-0.1, -0.05) is 5.92 Å². The molecule has 2 atom stereocenters. The average molecular weight is 242 g/mol. The molecule has 0 heterocycles.